The van der Waals surface area contributed by atoms with E-state index >= 15 is 0 Å². The van der Waals surface area contributed by atoms with Crippen molar-refractivity contribution in [3.05, 3.63) is 23.9 Å². The minimum Gasteiger partial charge on any atom is -0.402 e. The average molecular weight is 126 g/mol. The van der Waals surface area contributed by atoms with Crippen LogP contribution in [0.2, 0.25) is 0 Å². The van der Waals surface area contributed by atoms with E-state index in [1.807, 2.05) is 0 Å². The number of carbonyl (C=O) groups excluding carboxylic acids is 1. The van der Waals surface area contributed by atoms with Gasteiger partial charge in [0.15, 0.2) is 0 Å². The van der Waals surface area contributed by atoms with Crippen LogP contribution < -0.4 is 11.5 Å². The van der Waals surface area contributed by atoms with Gasteiger partial charge in [0.25, 0.3) is 0 Å². The third-order valence-electron chi connectivity index (χ3n) is 0.894. The van der Waals surface area contributed by atoms with Crippen molar-refractivity contribution in [2.24, 2.45) is 11.5 Å². The Morgan fingerprint density at radius 2 is 2.00 bits per heavy atom. The van der Waals surface area contributed by atoms with E-state index in [4.69, 9.17) is 11.5 Å². The molecule has 0 aliphatic heterocycles. The van der Waals surface area contributed by atoms with Crippen molar-refractivity contribution in [2.75, 3.05) is 0 Å². The SMILES string of the molecule is C=C/C(C(N)=O)=C(\C)N. The number of hydrogen-bond acceptors (Lipinski definition) is 2. The highest BCUT2D eigenvalue weighted by molar-refractivity contribution is 5.95. The maximum Gasteiger partial charge on any atom is 0.250 e. The molecular weight excluding hydrogens is 116 g/mol. The molecule has 4 N–H and O–H groups in total. The summed E-state index contributed by atoms with van der Waals surface area (Å²) in [6, 6.07) is 0. The van der Waals surface area contributed by atoms with Crippen LogP contribution in [0.4, 0.5) is 0 Å². The second-order valence-corrected chi connectivity index (χ2v) is 1.67. The molecule has 0 saturated heterocycles. The first-order valence-corrected chi connectivity index (χ1v) is 2.48. The van der Waals surface area contributed by atoms with E-state index in [1.165, 1.54) is 6.08 Å². The average Bonchev–Trinajstić information content (AvgIpc) is 1.64. The van der Waals surface area contributed by atoms with Crippen LogP contribution in [0.15, 0.2) is 23.9 Å². The second-order valence-electron chi connectivity index (χ2n) is 1.67. The van der Waals surface area contributed by atoms with Gasteiger partial charge in [0.1, 0.15) is 0 Å². The number of hydrogen-bond donors (Lipinski definition) is 2. The molecule has 0 fully saturated rings. The van der Waals surface area contributed by atoms with E-state index < -0.39 is 5.91 Å². The van der Waals surface area contributed by atoms with Gasteiger partial charge in [-0.3, -0.25) is 4.79 Å². The van der Waals surface area contributed by atoms with Crippen LogP contribution in [-0.2, 0) is 4.79 Å². The molecule has 0 spiro atoms. The lowest BCUT2D eigenvalue weighted by atomic mass is 10.2. The molecule has 50 valence electrons. The highest BCUT2D eigenvalue weighted by atomic mass is 16.1. The van der Waals surface area contributed by atoms with Crippen molar-refractivity contribution >= 4 is 5.91 Å². The summed E-state index contributed by atoms with van der Waals surface area (Å²) < 4.78 is 0. The van der Waals surface area contributed by atoms with Gasteiger partial charge in [-0.15, -0.1) is 0 Å². The van der Waals surface area contributed by atoms with Gasteiger partial charge in [0.05, 0.1) is 5.57 Å². The van der Waals surface area contributed by atoms with Gasteiger partial charge in [0.2, 0.25) is 5.91 Å². The predicted octanol–water partition coefficient (Wildman–Crippen LogP) is -0.110. The molecule has 0 aliphatic carbocycles. The van der Waals surface area contributed by atoms with Crippen LogP contribution in [-0.4, -0.2) is 5.91 Å². The molecule has 0 bridgehead atoms. The van der Waals surface area contributed by atoms with Gasteiger partial charge in [-0.2, -0.15) is 0 Å². The Bertz CT molecular complexity index is 166. The largest absolute Gasteiger partial charge is 0.402 e. The van der Waals surface area contributed by atoms with Crippen molar-refractivity contribution in [1.82, 2.24) is 0 Å². The maximum atomic E-state index is 10.4. The fraction of sp³-hybridized carbons (Fsp3) is 0.167. The predicted molar refractivity (Wildman–Crippen MR) is 36.3 cm³/mol. The molecule has 0 aromatic heterocycles. The van der Waals surface area contributed by atoms with Gasteiger partial charge in [-0.05, 0) is 6.92 Å². The molecule has 1 amide bonds. The van der Waals surface area contributed by atoms with E-state index in [1.54, 1.807) is 6.92 Å². The summed E-state index contributed by atoms with van der Waals surface area (Å²) in [5, 5.41) is 0. The molecule has 0 aliphatic rings. The molecule has 9 heavy (non-hydrogen) atoms. The molecule has 0 saturated carbocycles. The quantitative estimate of drug-likeness (QED) is 0.400. The number of allylic oxidation sites excluding steroid dienone is 1. The first-order chi connectivity index (χ1) is 4.09. The molecule has 0 rings (SSSR count). The topological polar surface area (TPSA) is 69.1 Å². The zero-order chi connectivity index (χ0) is 7.44. The Labute approximate surface area is 54.0 Å². The maximum absolute atomic E-state index is 10.4. The summed E-state index contributed by atoms with van der Waals surface area (Å²) in [5.41, 5.74) is 10.8. The third-order valence-corrected chi connectivity index (χ3v) is 0.894. The van der Waals surface area contributed by atoms with Crippen LogP contribution >= 0.6 is 0 Å². The lowest BCUT2D eigenvalue weighted by Crippen LogP contribution is -2.16. The first kappa shape index (κ1) is 7.75. The number of carbonyl (C=O) groups is 1. The Hall–Kier alpha value is -1.25. The standard InChI is InChI=1S/C6H10N2O/c1-3-5(4(2)7)6(8)9/h3H,1,7H2,2H3,(H2,8,9)/b5-4-. The lowest BCUT2D eigenvalue weighted by molar-refractivity contribution is -0.114. The molecule has 0 unspecified atom stereocenters. The minimum atomic E-state index is -0.537. The number of primary amides is 1. The van der Waals surface area contributed by atoms with Crippen LogP contribution in [0.5, 0.6) is 0 Å². The summed E-state index contributed by atoms with van der Waals surface area (Å²) in [6.45, 7) is 4.96. The normalized spacial score (nSPS) is 12.1. The summed E-state index contributed by atoms with van der Waals surface area (Å²) in [6.07, 6.45) is 1.34. The van der Waals surface area contributed by atoms with Gasteiger partial charge in [-0.1, -0.05) is 12.7 Å². The van der Waals surface area contributed by atoms with E-state index in [-0.39, 0.29) is 5.57 Å². The van der Waals surface area contributed by atoms with Crippen LogP contribution in [0.1, 0.15) is 6.92 Å². The Balaban J connectivity index is 4.55. The Kier molecular flexibility index (Phi) is 2.51. The van der Waals surface area contributed by atoms with Gasteiger partial charge >= 0.3 is 0 Å². The highest BCUT2D eigenvalue weighted by Gasteiger charge is 2.00. The summed E-state index contributed by atoms with van der Waals surface area (Å²) in [7, 11) is 0. The second kappa shape index (κ2) is 2.91. The Morgan fingerprint density at radius 3 is 2.00 bits per heavy atom. The molecule has 3 heteroatoms. The van der Waals surface area contributed by atoms with Crippen molar-refractivity contribution < 1.29 is 4.79 Å². The Morgan fingerprint density at radius 1 is 1.56 bits per heavy atom. The zero-order valence-corrected chi connectivity index (χ0v) is 5.35. The fourth-order valence-corrected chi connectivity index (χ4v) is 0.456. The summed E-state index contributed by atoms with van der Waals surface area (Å²) >= 11 is 0. The van der Waals surface area contributed by atoms with E-state index in [2.05, 4.69) is 6.58 Å². The molecule has 3 nitrogen and oxygen atoms in total. The van der Waals surface area contributed by atoms with Crippen LogP contribution in [0.3, 0.4) is 0 Å². The molecule has 0 aromatic rings. The number of amides is 1. The first-order valence-electron chi connectivity index (χ1n) is 2.48. The molecule has 0 atom stereocenters. The monoisotopic (exact) mass is 126 g/mol. The molecule has 0 heterocycles. The fourth-order valence-electron chi connectivity index (χ4n) is 0.456. The molecule has 0 radical (unpaired) electrons. The van der Waals surface area contributed by atoms with Gasteiger partial charge in [-0.25, -0.2) is 0 Å². The minimum absolute atomic E-state index is 0.287. The van der Waals surface area contributed by atoms with Gasteiger partial charge < -0.3 is 11.5 Å². The van der Waals surface area contributed by atoms with Crippen molar-refractivity contribution in [3.63, 3.8) is 0 Å². The van der Waals surface area contributed by atoms with Crippen molar-refractivity contribution in [2.45, 2.75) is 6.92 Å². The zero-order valence-electron chi connectivity index (χ0n) is 5.35. The molecule has 0 aromatic carbocycles. The number of rotatable bonds is 2. The van der Waals surface area contributed by atoms with Crippen molar-refractivity contribution in [3.8, 4) is 0 Å². The lowest BCUT2D eigenvalue weighted by Gasteiger charge is -1.95. The van der Waals surface area contributed by atoms with Crippen LogP contribution in [0, 0.1) is 0 Å². The highest BCUT2D eigenvalue weighted by Crippen LogP contribution is 1.96. The summed E-state index contributed by atoms with van der Waals surface area (Å²) in [5.74, 6) is -0.537. The van der Waals surface area contributed by atoms with E-state index in [0.717, 1.165) is 0 Å². The van der Waals surface area contributed by atoms with Crippen LogP contribution in [0.25, 0.3) is 0 Å². The smallest absolute Gasteiger partial charge is 0.250 e. The molecular formula is C6H10N2O. The van der Waals surface area contributed by atoms with Gasteiger partial charge in [0, 0.05) is 5.70 Å². The third kappa shape index (κ3) is 1.99. The van der Waals surface area contributed by atoms with Crippen molar-refractivity contribution in [1.29, 1.82) is 0 Å². The number of nitrogens with two attached hydrogens (primary N) is 2. The summed E-state index contributed by atoms with van der Waals surface area (Å²) in [4.78, 5) is 10.4. The van der Waals surface area contributed by atoms with E-state index in [0.29, 0.717) is 5.70 Å². The van der Waals surface area contributed by atoms with E-state index in [9.17, 15) is 4.79 Å².